The van der Waals surface area contributed by atoms with E-state index in [0.29, 0.717) is 5.82 Å². The first-order valence-corrected chi connectivity index (χ1v) is 5.43. The summed E-state index contributed by atoms with van der Waals surface area (Å²) in [5.74, 6) is 0.413. The Kier molecular flexibility index (Phi) is 3.64. The molecule has 2 aromatic rings. The molecule has 0 aliphatic rings. The van der Waals surface area contributed by atoms with E-state index >= 15 is 0 Å². The molecule has 0 atom stereocenters. The smallest absolute Gasteiger partial charge is 0.189 e. The molecule has 5 nitrogen and oxygen atoms in total. The van der Waals surface area contributed by atoms with Crippen molar-refractivity contribution >= 4 is 0 Å². The van der Waals surface area contributed by atoms with Crippen LogP contribution in [-0.4, -0.2) is 20.2 Å². The zero-order valence-corrected chi connectivity index (χ0v) is 9.51. The van der Waals surface area contributed by atoms with Crippen molar-refractivity contribution in [3.05, 3.63) is 35.9 Å². The van der Waals surface area contributed by atoms with Gasteiger partial charge < -0.3 is 4.74 Å². The number of aromatic nitrogens is 4. The Morgan fingerprint density at radius 2 is 2.18 bits per heavy atom. The number of nitrogens with zero attached hydrogens (tertiary/aromatic N) is 4. The second kappa shape index (κ2) is 5.38. The highest BCUT2D eigenvalue weighted by molar-refractivity contribution is 5.23. The van der Waals surface area contributed by atoms with Crippen molar-refractivity contribution in [1.82, 2.24) is 20.2 Å². The number of para-hydroxylation sites is 1. The van der Waals surface area contributed by atoms with Gasteiger partial charge in [-0.3, -0.25) is 0 Å². The maximum atomic E-state index is 13.3. The number of ether oxygens (including phenoxy) is 1. The Morgan fingerprint density at radius 3 is 2.94 bits per heavy atom. The number of rotatable bonds is 5. The van der Waals surface area contributed by atoms with Crippen molar-refractivity contribution in [2.75, 3.05) is 0 Å². The van der Waals surface area contributed by atoms with E-state index in [4.69, 9.17) is 4.74 Å². The summed E-state index contributed by atoms with van der Waals surface area (Å²) in [5.41, 5.74) is 0. The van der Waals surface area contributed by atoms with Gasteiger partial charge in [-0.15, -0.1) is 5.10 Å². The largest absolute Gasteiger partial charge is 0.482 e. The topological polar surface area (TPSA) is 52.8 Å². The number of halogens is 1. The predicted molar refractivity (Wildman–Crippen MR) is 58.8 cm³/mol. The van der Waals surface area contributed by atoms with Crippen LogP contribution in [0, 0.1) is 5.82 Å². The number of hydrogen-bond acceptors (Lipinski definition) is 4. The summed E-state index contributed by atoms with van der Waals surface area (Å²) >= 11 is 0. The van der Waals surface area contributed by atoms with Crippen LogP contribution in [0.4, 0.5) is 4.39 Å². The fraction of sp³-hybridized carbons (Fsp3) is 0.364. The van der Waals surface area contributed by atoms with Gasteiger partial charge in [0.15, 0.2) is 17.4 Å². The van der Waals surface area contributed by atoms with E-state index in [1.165, 1.54) is 6.07 Å². The van der Waals surface area contributed by atoms with Gasteiger partial charge >= 0.3 is 0 Å². The van der Waals surface area contributed by atoms with Crippen LogP contribution in [0.15, 0.2) is 24.3 Å². The van der Waals surface area contributed by atoms with Gasteiger partial charge in [-0.25, -0.2) is 9.07 Å². The zero-order chi connectivity index (χ0) is 12.1. The van der Waals surface area contributed by atoms with Crippen LogP contribution in [0.2, 0.25) is 0 Å². The van der Waals surface area contributed by atoms with E-state index in [9.17, 15) is 4.39 Å². The van der Waals surface area contributed by atoms with Crippen molar-refractivity contribution < 1.29 is 9.13 Å². The number of hydrogen-bond donors (Lipinski definition) is 0. The van der Waals surface area contributed by atoms with Gasteiger partial charge in [0.1, 0.15) is 6.61 Å². The fourth-order valence-electron chi connectivity index (χ4n) is 1.42. The van der Waals surface area contributed by atoms with Crippen LogP contribution in [0.3, 0.4) is 0 Å². The van der Waals surface area contributed by atoms with Crippen LogP contribution in [0.5, 0.6) is 5.75 Å². The van der Waals surface area contributed by atoms with Gasteiger partial charge in [-0.05, 0) is 29.0 Å². The molecule has 17 heavy (non-hydrogen) atoms. The quantitative estimate of drug-likeness (QED) is 0.794. The lowest BCUT2D eigenvalue weighted by Crippen LogP contribution is -2.08. The van der Waals surface area contributed by atoms with Gasteiger partial charge in [0, 0.05) is 6.54 Å². The molecule has 0 spiro atoms. The molecule has 0 unspecified atom stereocenters. The second-order valence-corrected chi connectivity index (χ2v) is 3.54. The molecule has 0 radical (unpaired) electrons. The molecule has 0 aliphatic heterocycles. The molecule has 1 heterocycles. The highest BCUT2D eigenvalue weighted by Crippen LogP contribution is 2.16. The number of benzene rings is 1. The first-order chi connectivity index (χ1) is 8.31. The second-order valence-electron chi connectivity index (χ2n) is 3.54. The normalized spacial score (nSPS) is 10.5. The van der Waals surface area contributed by atoms with Crippen molar-refractivity contribution in [3.8, 4) is 5.75 Å². The average Bonchev–Trinajstić information content (AvgIpc) is 2.76. The SMILES string of the molecule is CCCn1nnnc1COc1ccccc1F. The number of tetrazole rings is 1. The van der Waals surface area contributed by atoms with E-state index in [1.54, 1.807) is 22.9 Å². The first-order valence-electron chi connectivity index (χ1n) is 5.43. The molecule has 0 saturated heterocycles. The third-order valence-corrected chi connectivity index (χ3v) is 2.23. The van der Waals surface area contributed by atoms with E-state index in [-0.39, 0.29) is 18.2 Å². The summed E-state index contributed by atoms with van der Waals surface area (Å²) in [5, 5.41) is 11.2. The molecule has 1 aromatic carbocycles. The third-order valence-electron chi connectivity index (χ3n) is 2.23. The van der Waals surface area contributed by atoms with Crippen molar-refractivity contribution in [2.45, 2.75) is 26.5 Å². The Balaban J connectivity index is 2.02. The minimum atomic E-state index is -0.387. The first kappa shape index (κ1) is 11.5. The number of aryl methyl sites for hydroxylation is 1. The summed E-state index contributed by atoms with van der Waals surface area (Å²) in [6, 6.07) is 6.25. The zero-order valence-electron chi connectivity index (χ0n) is 9.51. The van der Waals surface area contributed by atoms with E-state index < -0.39 is 0 Å². The molecule has 90 valence electrons. The molecule has 0 saturated carbocycles. The van der Waals surface area contributed by atoms with Gasteiger partial charge in [-0.1, -0.05) is 19.1 Å². The van der Waals surface area contributed by atoms with Gasteiger partial charge in [0.05, 0.1) is 0 Å². The summed E-state index contributed by atoms with van der Waals surface area (Å²) < 4.78 is 20.3. The van der Waals surface area contributed by atoms with Crippen LogP contribution in [0.25, 0.3) is 0 Å². The summed E-state index contributed by atoms with van der Waals surface area (Å²) in [4.78, 5) is 0. The lowest BCUT2D eigenvalue weighted by atomic mass is 10.3. The van der Waals surface area contributed by atoms with Gasteiger partial charge in [0.2, 0.25) is 0 Å². The van der Waals surface area contributed by atoms with Crippen molar-refractivity contribution in [3.63, 3.8) is 0 Å². The van der Waals surface area contributed by atoms with E-state index in [1.807, 2.05) is 6.92 Å². The Labute approximate surface area is 98.2 Å². The fourth-order valence-corrected chi connectivity index (χ4v) is 1.42. The molecule has 2 rings (SSSR count). The lowest BCUT2D eigenvalue weighted by Gasteiger charge is -2.06. The third kappa shape index (κ3) is 2.77. The van der Waals surface area contributed by atoms with Crippen LogP contribution >= 0.6 is 0 Å². The Bertz CT molecular complexity index is 486. The van der Waals surface area contributed by atoms with Crippen molar-refractivity contribution in [1.29, 1.82) is 0 Å². The van der Waals surface area contributed by atoms with Gasteiger partial charge in [-0.2, -0.15) is 0 Å². The van der Waals surface area contributed by atoms with Gasteiger partial charge in [0.25, 0.3) is 0 Å². The summed E-state index contributed by atoms with van der Waals surface area (Å²) in [6.07, 6.45) is 0.928. The highest BCUT2D eigenvalue weighted by atomic mass is 19.1. The maximum absolute atomic E-state index is 13.3. The van der Waals surface area contributed by atoms with Crippen LogP contribution in [0.1, 0.15) is 19.2 Å². The summed E-state index contributed by atoms with van der Waals surface area (Å²) in [7, 11) is 0. The van der Waals surface area contributed by atoms with E-state index in [2.05, 4.69) is 15.5 Å². The van der Waals surface area contributed by atoms with E-state index in [0.717, 1.165) is 13.0 Å². The maximum Gasteiger partial charge on any atom is 0.189 e. The Morgan fingerprint density at radius 1 is 1.35 bits per heavy atom. The Hall–Kier alpha value is -1.98. The molecule has 0 N–H and O–H groups in total. The molecule has 0 bridgehead atoms. The van der Waals surface area contributed by atoms with Crippen LogP contribution in [-0.2, 0) is 13.2 Å². The lowest BCUT2D eigenvalue weighted by molar-refractivity contribution is 0.272. The van der Waals surface area contributed by atoms with Crippen molar-refractivity contribution in [2.24, 2.45) is 0 Å². The molecular formula is C11H13FN4O. The molecule has 0 aliphatic carbocycles. The van der Waals surface area contributed by atoms with Crippen LogP contribution < -0.4 is 4.74 Å². The monoisotopic (exact) mass is 236 g/mol. The molecular weight excluding hydrogens is 223 g/mol. The molecule has 6 heteroatoms. The molecule has 1 aromatic heterocycles. The molecule has 0 amide bonds. The standard InChI is InChI=1S/C11H13FN4O/c1-2-7-16-11(13-14-15-16)8-17-10-6-4-3-5-9(10)12/h3-6H,2,7-8H2,1H3. The predicted octanol–water partition coefficient (Wildman–Crippen LogP) is 1.80. The minimum Gasteiger partial charge on any atom is -0.482 e. The average molecular weight is 236 g/mol. The highest BCUT2D eigenvalue weighted by Gasteiger charge is 2.07. The summed E-state index contributed by atoms with van der Waals surface area (Å²) in [6.45, 7) is 2.92. The molecule has 0 fully saturated rings. The minimum absolute atomic E-state index is 0.161.